The molecule has 0 bridgehead atoms. The van der Waals surface area contributed by atoms with Gasteiger partial charge in [0.25, 0.3) is 11.1 Å². The summed E-state index contributed by atoms with van der Waals surface area (Å²) in [5.74, 6) is 0. The Balaban J connectivity index is 0.000000174. The maximum absolute atomic E-state index is 10.7. The topological polar surface area (TPSA) is 98.8 Å². The summed E-state index contributed by atoms with van der Waals surface area (Å²) >= 11 is 0. The van der Waals surface area contributed by atoms with E-state index in [9.17, 15) is 9.59 Å². The first-order valence-electron chi connectivity index (χ1n) is 5.00. The fraction of sp³-hybridized carbons (Fsp3) is 0. The minimum atomic E-state index is -0.126. The maximum Gasteiger partial charge on any atom is 0.266 e. The van der Waals surface area contributed by atoms with E-state index < -0.39 is 0 Å². The van der Waals surface area contributed by atoms with E-state index in [0.29, 0.717) is 5.65 Å². The number of aromatic amines is 3. The molecule has 0 unspecified atom stereocenters. The van der Waals surface area contributed by atoms with Crippen molar-refractivity contribution in [2.45, 2.75) is 0 Å². The van der Waals surface area contributed by atoms with E-state index in [0.717, 1.165) is 0 Å². The second-order valence-corrected chi connectivity index (χ2v) is 2.94. The van der Waals surface area contributed by atoms with Gasteiger partial charge in [-0.15, -0.1) is 13.2 Å². The zero-order valence-electron chi connectivity index (χ0n) is 9.59. The highest BCUT2D eigenvalue weighted by molar-refractivity contribution is 5.34. The molecule has 7 heteroatoms. The predicted molar refractivity (Wildman–Crippen MR) is 68.5 cm³/mol. The van der Waals surface area contributed by atoms with Gasteiger partial charge in [-0.05, 0) is 6.07 Å². The molecule has 0 atom stereocenters. The number of nitrogens with one attached hydrogen (secondary N) is 3. The highest BCUT2D eigenvalue weighted by atomic mass is 16.1. The van der Waals surface area contributed by atoms with Crippen LogP contribution in [0.3, 0.4) is 0 Å². The first-order valence-corrected chi connectivity index (χ1v) is 5.00. The Morgan fingerprint density at radius 2 is 2.00 bits per heavy atom. The zero-order valence-corrected chi connectivity index (χ0v) is 9.59. The quantitative estimate of drug-likeness (QED) is 0.505. The van der Waals surface area contributed by atoms with Gasteiger partial charge in [0.1, 0.15) is 0 Å². The lowest BCUT2D eigenvalue weighted by atomic mass is 10.6. The number of H-pyrrole nitrogens is 3. The average Bonchev–Trinajstić information content (AvgIpc) is 3.00. The Morgan fingerprint density at radius 3 is 2.50 bits per heavy atom. The van der Waals surface area contributed by atoms with E-state index in [1.807, 2.05) is 0 Å². The molecule has 7 nitrogen and oxygen atoms in total. The van der Waals surface area contributed by atoms with Gasteiger partial charge in [-0.1, -0.05) is 0 Å². The molecule has 18 heavy (non-hydrogen) atoms. The molecule has 3 N–H and O–H groups in total. The maximum atomic E-state index is 10.7. The molecule has 0 radical (unpaired) electrons. The Kier molecular flexibility index (Phi) is 4.92. The van der Waals surface area contributed by atoms with Crippen molar-refractivity contribution in [3.8, 4) is 0 Å². The molecule has 0 saturated heterocycles. The summed E-state index contributed by atoms with van der Waals surface area (Å²) in [4.78, 5) is 24.6. The zero-order chi connectivity index (χ0) is 13.4. The fourth-order valence-corrected chi connectivity index (χ4v) is 1.12. The van der Waals surface area contributed by atoms with Crippen LogP contribution in [0.15, 0.2) is 59.5 Å². The van der Waals surface area contributed by atoms with Gasteiger partial charge in [0.05, 0.1) is 0 Å². The molecule has 3 heterocycles. The van der Waals surface area contributed by atoms with E-state index in [2.05, 4.69) is 33.4 Å². The van der Waals surface area contributed by atoms with Crippen LogP contribution in [0.25, 0.3) is 5.65 Å². The van der Waals surface area contributed by atoms with Gasteiger partial charge in [-0.3, -0.25) is 19.8 Å². The summed E-state index contributed by atoms with van der Waals surface area (Å²) in [6.45, 7) is 6.00. The summed E-state index contributed by atoms with van der Waals surface area (Å²) in [5.41, 5.74) is 0.432. The third kappa shape index (κ3) is 3.63. The lowest BCUT2D eigenvalue weighted by Crippen LogP contribution is -1.97. The average molecular weight is 247 g/mol. The molecule has 94 valence electrons. The molecule has 0 amide bonds. The lowest BCUT2D eigenvalue weighted by Gasteiger charge is -1.87. The third-order valence-corrected chi connectivity index (χ3v) is 1.78. The van der Waals surface area contributed by atoms with Crippen molar-refractivity contribution < 1.29 is 0 Å². The van der Waals surface area contributed by atoms with Crippen molar-refractivity contribution >= 4 is 5.65 Å². The summed E-state index contributed by atoms with van der Waals surface area (Å²) < 4.78 is 1.57. The van der Waals surface area contributed by atoms with Gasteiger partial charge in [-0.2, -0.15) is 0 Å². The van der Waals surface area contributed by atoms with Crippen molar-refractivity contribution in [3.05, 3.63) is 70.7 Å². The molecule has 0 spiro atoms. The molecule has 3 rings (SSSR count). The second kappa shape index (κ2) is 6.69. The predicted octanol–water partition coefficient (Wildman–Crippen LogP) is 0.528. The number of rotatable bonds is 0. The van der Waals surface area contributed by atoms with Gasteiger partial charge in [0.2, 0.25) is 0 Å². The largest absolute Gasteiger partial charge is 0.305 e. The second-order valence-electron chi connectivity index (χ2n) is 2.94. The van der Waals surface area contributed by atoms with Crippen LogP contribution in [0.1, 0.15) is 0 Å². The SMILES string of the molecule is C=C.O=c1cc2ncccn2[nH]1.O=c1cc[nH][nH]1. The molecule has 0 aliphatic carbocycles. The number of nitrogens with zero attached hydrogens (tertiary/aromatic N) is 2. The lowest BCUT2D eigenvalue weighted by molar-refractivity contribution is 0.920. The number of fused-ring (bicyclic) bond motifs is 1. The number of aromatic nitrogens is 5. The van der Waals surface area contributed by atoms with Crippen molar-refractivity contribution in [2.75, 3.05) is 0 Å². The molecule has 0 aliphatic heterocycles. The first kappa shape index (κ1) is 13.2. The molecule has 0 fully saturated rings. The van der Waals surface area contributed by atoms with Gasteiger partial charge < -0.3 is 5.10 Å². The Morgan fingerprint density at radius 1 is 1.22 bits per heavy atom. The van der Waals surface area contributed by atoms with Crippen LogP contribution in [-0.2, 0) is 0 Å². The molecular weight excluding hydrogens is 234 g/mol. The van der Waals surface area contributed by atoms with Gasteiger partial charge in [0.15, 0.2) is 5.65 Å². The normalized spacial score (nSPS) is 8.89. The van der Waals surface area contributed by atoms with E-state index >= 15 is 0 Å². The standard InChI is InChI=1S/C6H5N3O.C3H4N2O.C2H4/c10-6-4-5-7-2-1-3-9(5)8-6;6-3-1-2-4-5-3;1-2/h1-4H,(H,8,10);1-2H,(H2,4,5,6);1-2H2. The summed E-state index contributed by atoms with van der Waals surface area (Å²) in [6.07, 6.45) is 4.93. The monoisotopic (exact) mass is 247 g/mol. The fourth-order valence-electron chi connectivity index (χ4n) is 1.12. The smallest absolute Gasteiger partial charge is 0.266 e. The molecule has 0 aliphatic rings. The van der Waals surface area contributed by atoms with Gasteiger partial charge in [-0.25, -0.2) is 9.50 Å². The van der Waals surface area contributed by atoms with Crippen molar-refractivity contribution in [3.63, 3.8) is 0 Å². The van der Waals surface area contributed by atoms with Gasteiger partial charge in [0, 0.05) is 30.7 Å². The van der Waals surface area contributed by atoms with Crippen LogP contribution in [0.5, 0.6) is 0 Å². The number of hydrogen-bond acceptors (Lipinski definition) is 3. The Labute approximate surface area is 102 Å². The minimum Gasteiger partial charge on any atom is -0.305 e. The van der Waals surface area contributed by atoms with Crippen LogP contribution in [-0.4, -0.2) is 24.8 Å². The third-order valence-electron chi connectivity index (χ3n) is 1.78. The van der Waals surface area contributed by atoms with E-state index in [-0.39, 0.29) is 11.1 Å². The first-order chi connectivity index (χ1) is 8.75. The number of hydrogen-bond donors (Lipinski definition) is 3. The molecule has 0 aromatic carbocycles. The van der Waals surface area contributed by atoms with Crippen LogP contribution in [0.4, 0.5) is 0 Å². The molecule has 0 saturated carbocycles. The van der Waals surface area contributed by atoms with Gasteiger partial charge >= 0.3 is 0 Å². The highest BCUT2D eigenvalue weighted by Gasteiger charge is 1.91. The van der Waals surface area contributed by atoms with Crippen molar-refractivity contribution in [2.24, 2.45) is 0 Å². The Bertz CT molecular complexity index is 638. The molecule has 3 aromatic heterocycles. The summed E-state index contributed by atoms with van der Waals surface area (Å²) in [7, 11) is 0. The summed E-state index contributed by atoms with van der Waals surface area (Å²) in [5, 5.41) is 7.37. The molecular formula is C11H13N5O2. The Hall–Kier alpha value is -2.83. The van der Waals surface area contributed by atoms with Crippen molar-refractivity contribution in [1.82, 2.24) is 24.8 Å². The highest BCUT2D eigenvalue weighted by Crippen LogP contribution is 1.89. The van der Waals surface area contributed by atoms with E-state index in [1.54, 1.807) is 29.2 Å². The van der Waals surface area contributed by atoms with Crippen LogP contribution >= 0.6 is 0 Å². The van der Waals surface area contributed by atoms with E-state index in [4.69, 9.17) is 0 Å². The van der Waals surface area contributed by atoms with Crippen LogP contribution in [0, 0.1) is 0 Å². The summed E-state index contributed by atoms with van der Waals surface area (Å²) in [6, 6.07) is 4.61. The van der Waals surface area contributed by atoms with Crippen molar-refractivity contribution in [1.29, 1.82) is 0 Å². The van der Waals surface area contributed by atoms with E-state index in [1.165, 1.54) is 12.1 Å². The van der Waals surface area contributed by atoms with Crippen LogP contribution in [0.2, 0.25) is 0 Å². The van der Waals surface area contributed by atoms with Crippen LogP contribution < -0.4 is 11.1 Å². The molecule has 3 aromatic rings. The minimum absolute atomic E-state index is 0.0880.